The van der Waals surface area contributed by atoms with Gasteiger partial charge < -0.3 is 4.98 Å². The van der Waals surface area contributed by atoms with Crippen LogP contribution in [0.2, 0.25) is 0 Å². The zero-order chi connectivity index (χ0) is 20.2. The second-order valence-electron chi connectivity index (χ2n) is 7.14. The highest BCUT2D eigenvalue weighted by Crippen LogP contribution is 2.36. The fourth-order valence-corrected chi connectivity index (χ4v) is 4.56. The first-order valence-electron chi connectivity index (χ1n) is 9.37. The number of fused-ring (bicyclic) bond motifs is 2. The Hall–Kier alpha value is -3.78. The van der Waals surface area contributed by atoms with E-state index in [0.29, 0.717) is 0 Å². The lowest BCUT2D eigenvalue weighted by Crippen LogP contribution is -1.85. The van der Waals surface area contributed by atoms with Gasteiger partial charge in [0.05, 0.1) is 29.3 Å². The Morgan fingerprint density at radius 1 is 1.03 bits per heavy atom. The van der Waals surface area contributed by atoms with Crippen LogP contribution in [-0.4, -0.2) is 29.9 Å². The maximum absolute atomic E-state index is 13.6. The molecule has 2 N–H and O–H groups in total. The van der Waals surface area contributed by atoms with Crippen molar-refractivity contribution >= 4 is 33.1 Å². The number of thiophene rings is 1. The van der Waals surface area contributed by atoms with E-state index < -0.39 is 0 Å². The van der Waals surface area contributed by atoms with Gasteiger partial charge in [-0.15, -0.1) is 11.3 Å². The molecule has 0 radical (unpaired) electrons. The summed E-state index contributed by atoms with van der Waals surface area (Å²) in [5.41, 5.74) is 6.34. The predicted octanol–water partition coefficient (Wildman–Crippen LogP) is 5.37. The second-order valence-corrected chi connectivity index (χ2v) is 8.18. The molecule has 5 heterocycles. The average molecular weight is 414 g/mol. The van der Waals surface area contributed by atoms with Crippen LogP contribution in [0.1, 0.15) is 0 Å². The summed E-state index contributed by atoms with van der Waals surface area (Å²) in [4.78, 5) is 8.89. The number of hydrogen-bond acceptors (Lipinski definition) is 4. The van der Waals surface area contributed by atoms with E-state index in [0.717, 1.165) is 66.2 Å². The number of hydrogen-bond donors (Lipinski definition) is 2. The summed E-state index contributed by atoms with van der Waals surface area (Å²) in [7, 11) is 1.88. The molecular weight excluding hydrogens is 399 g/mol. The van der Waals surface area contributed by atoms with Crippen molar-refractivity contribution in [3.05, 3.63) is 66.2 Å². The number of H-pyrrole nitrogens is 2. The number of pyridine rings is 1. The second kappa shape index (κ2) is 6.36. The molecule has 6 aromatic rings. The fraction of sp³-hybridized carbons (Fsp3) is 0.0455. The van der Waals surface area contributed by atoms with Gasteiger partial charge in [-0.1, -0.05) is 12.1 Å². The first kappa shape index (κ1) is 17.1. The van der Waals surface area contributed by atoms with Gasteiger partial charge in [0, 0.05) is 45.5 Å². The molecule has 0 aliphatic heterocycles. The van der Waals surface area contributed by atoms with Crippen molar-refractivity contribution in [3.63, 3.8) is 0 Å². The molecule has 0 saturated carbocycles. The molecule has 0 amide bonds. The van der Waals surface area contributed by atoms with Gasteiger partial charge in [-0.2, -0.15) is 14.6 Å². The number of aromatic amines is 2. The highest BCUT2D eigenvalue weighted by Gasteiger charge is 2.15. The zero-order valence-corrected chi connectivity index (χ0v) is 16.7. The number of rotatable bonds is 3. The Labute approximate surface area is 174 Å². The molecule has 8 heteroatoms. The molecule has 0 fully saturated rings. The Kier molecular flexibility index (Phi) is 3.63. The molecule has 0 spiro atoms. The molecule has 0 bridgehead atoms. The molecule has 6 rings (SSSR count). The van der Waals surface area contributed by atoms with E-state index >= 15 is 0 Å². The van der Waals surface area contributed by atoms with Crippen LogP contribution >= 0.6 is 11.3 Å². The topological polar surface area (TPSA) is 75.2 Å². The average Bonchev–Trinajstić information content (AvgIpc) is 3.52. The standard InChI is InChI=1S/C22H15FN6S/c1-29-11-12(9-25-29)17-8-15-19(10-24-17)27-28-22(15)18-7-14-13(3-2-4-16(14)26-18)20-5-6-21(23)30-20/h2-11,26H,1H3,(H,27,28). The summed E-state index contributed by atoms with van der Waals surface area (Å²) in [5, 5.41) is 13.6. The van der Waals surface area contributed by atoms with Crippen LogP contribution in [0.5, 0.6) is 0 Å². The monoisotopic (exact) mass is 414 g/mol. The summed E-state index contributed by atoms with van der Waals surface area (Å²) >= 11 is 1.15. The molecule has 146 valence electrons. The van der Waals surface area contributed by atoms with Crippen LogP contribution in [0.4, 0.5) is 4.39 Å². The van der Waals surface area contributed by atoms with Crippen molar-refractivity contribution in [1.82, 2.24) is 29.9 Å². The highest BCUT2D eigenvalue weighted by molar-refractivity contribution is 7.14. The van der Waals surface area contributed by atoms with Gasteiger partial charge in [0.2, 0.25) is 0 Å². The number of nitrogens with zero attached hydrogens (tertiary/aromatic N) is 4. The largest absolute Gasteiger partial charge is 0.353 e. The Morgan fingerprint density at radius 2 is 1.97 bits per heavy atom. The summed E-state index contributed by atoms with van der Waals surface area (Å²) in [6.45, 7) is 0. The molecule has 0 saturated heterocycles. The quantitative estimate of drug-likeness (QED) is 0.409. The first-order chi connectivity index (χ1) is 14.7. The number of nitrogens with one attached hydrogen (secondary N) is 2. The van der Waals surface area contributed by atoms with E-state index in [2.05, 4.69) is 31.3 Å². The van der Waals surface area contributed by atoms with Gasteiger partial charge in [-0.3, -0.25) is 14.8 Å². The first-order valence-corrected chi connectivity index (χ1v) is 10.2. The van der Waals surface area contributed by atoms with Gasteiger partial charge in [0.15, 0.2) is 5.13 Å². The van der Waals surface area contributed by atoms with Gasteiger partial charge >= 0.3 is 0 Å². The van der Waals surface area contributed by atoms with Crippen LogP contribution in [0.15, 0.2) is 61.1 Å². The maximum atomic E-state index is 13.6. The molecule has 0 unspecified atom stereocenters. The van der Waals surface area contributed by atoms with Crippen molar-refractivity contribution in [2.45, 2.75) is 0 Å². The smallest absolute Gasteiger partial charge is 0.176 e. The lowest BCUT2D eigenvalue weighted by atomic mass is 10.1. The normalized spacial score (nSPS) is 11.7. The van der Waals surface area contributed by atoms with Crippen molar-refractivity contribution in [3.8, 4) is 33.1 Å². The zero-order valence-electron chi connectivity index (χ0n) is 15.8. The third-order valence-electron chi connectivity index (χ3n) is 5.21. The van der Waals surface area contributed by atoms with Crippen molar-refractivity contribution in [1.29, 1.82) is 0 Å². The minimum Gasteiger partial charge on any atom is -0.353 e. The number of aromatic nitrogens is 6. The van der Waals surface area contributed by atoms with E-state index in [1.807, 2.05) is 43.6 Å². The van der Waals surface area contributed by atoms with Crippen LogP contribution in [0, 0.1) is 5.13 Å². The summed E-state index contributed by atoms with van der Waals surface area (Å²) < 4.78 is 15.3. The molecule has 0 aliphatic rings. The van der Waals surface area contributed by atoms with Crippen LogP contribution in [0.25, 0.3) is 54.9 Å². The van der Waals surface area contributed by atoms with Crippen LogP contribution in [0.3, 0.4) is 0 Å². The van der Waals surface area contributed by atoms with Crippen molar-refractivity contribution < 1.29 is 4.39 Å². The van der Waals surface area contributed by atoms with Crippen LogP contribution in [-0.2, 0) is 7.05 Å². The lowest BCUT2D eigenvalue weighted by Gasteiger charge is -1.98. The van der Waals surface area contributed by atoms with E-state index in [4.69, 9.17) is 0 Å². The van der Waals surface area contributed by atoms with E-state index in [1.165, 1.54) is 6.07 Å². The molecule has 30 heavy (non-hydrogen) atoms. The van der Waals surface area contributed by atoms with Gasteiger partial charge in [0.25, 0.3) is 0 Å². The molecule has 6 nitrogen and oxygen atoms in total. The number of benzene rings is 1. The Morgan fingerprint density at radius 3 is 2.77 bits per heavy atom. The SMILES string of the molecule is Cn1cc(-c2cc3c(-c4cc5c(-c6ccc(F)s6)cccc5[nH]4)n[nH]c3cn2)cn1. The predicted molar refractivity (Wildman–Crippen MR) is 117 cm³/mol. The van der Waals surface area contributed by atoms with E-state index in [9.17, 15) is 4.39 Å². The molecule has 0 aliphatic carbocycles. The third-order valence-corrected chi connectivity index (χ3v) is 6.11. The Bertz CT molecular complexity index is 1540. The summed E-state index contributed by atoms with van der Waals surface area (Å²) in [6.07, 6.45) is 5.52. The Balaban J connectivity index is 1.52. The van der Waals surface area contributed by atoms with Crippen molar-refractivity contribution in [2.75, 3.05) is 0 Å². The minimum absolute atomic E-state index is 0.188. The van der Waals surface area contributed by atoms with Crippen LogP contribution < -0.4 is 0 Å². The van der Waals surface area contributed by atoms with Gasteiger partial charge in [0.1, 0.15) is 5.69 Å². The van der Waals surface area contributed by atoms with E-state index in [-0.39, 0.29) is 5.13 Å². The highest BCUT2D eigenvalue weighted by atomic mass is 32.1. The van der Waals surface area contributed by atoms with Crippen molar-refractivity contribution in [2.24, 2.45) is 7.05 Å². The molecular formula is C22H15FN6S. The number of halogens is 1. The van der Waals surface area contributed by atoms with E-state index in [1.54, 1.807) is 17.1 Å². The lowest BCUT2D eigenvalue weighted by molar-refractivity contribution is 0.657. The maximum Gasteiger partial charge on any atom is 0.176 e. The molecule has 1 aromatic carbocycles. The van der Waals surface area contributed by atoms with Gasteiger partial charge in [-0.25, -0.2) is 0 Å². The number of aryl methyl sites for hydroxylation is 1. The third kappa shape index (κ3) is 2.65. The summed E-state index contributed by atoms with van der Waals surface area (Å²) in [5.74, 6) is 0. The van der Waals surface area contributed by atoms with Gasteiger partial charge in [-0.05, 0) is 30.3 Å². The molecule has 0 atom stereocenters. The fourth-order valence-electron chi connectivity index (χ4n) is 3.79. The molecule has 5 aromatic heterocycles. The summed E-state index contributed by atoms with van der Waals surface area (Å²) in [6, 6.07) is 13.4. The minimum atomic E-state index is -0.188.